The molecule has 0 atom stereocenters. The molecule has 2 aromatic heterocycles. The number of rotatable bonds is 2. The lowest BCUT2D eigenvalue weighted by atomic mass is 10.0. The van der Waals surface area contributed by atoms with Crippen molar-refractivity contribution in [1.82, 2.24) is 0 Å². The first-order valence-electron chi connectivity index (χ1n) is 11.4. The van der Waals surface area contributed by atoms with Gasteiger partial charge >= 0.3 is 0 Å². The van der Waals surface area contributed by atoms with E-state index in [1.165, 1.54) is 68.7 Å². The summed E-state index contributed by atoms with van der Waals surface area (Å²) in [7, 11) is 0. The predicted octanol–water partition coefficient (Wildman–Crippen LogP) is 10.1. The molecule has 0 amide bonds. The van der Waals surface area contributed by atoms with Gasteiger partial charge < -0.3 is 0 Å². The second-order valence-corrected chi connectivity index (χ2v) is 10.5. The van der Waals surface area contributed by atoms with Crippen LogP contribution in [0.4, 0.5) is 0 Å². The summed E-state index contributed by atoms with van der Waals surface area (Å²) in [4.78, 5) is 0. The van der Waals surface area contributed by atoms with E-state index in [4.69, 9.17) is 0 Å². The fourth-order valence-electron chi connectivity index (χ4n) is 4.33. The maximum absolute atomic E-state index is 2.41. The molecule has 2 heteroatoms. The van der Waals surface area contributed by atoms with Gasteiger partial charge in [-0.05, 0) is 83.3 Å². The third-order valence-electron chi connectivity index (χ3n) is 5.96. The smallest absolute Gasteiger partial charge is 0.0361 e. The van der Waals surface area contributed by atoms with Crippen LogP contribution in [0.1, 0.15) is 45.2 Å². The molecular formula is C29H28S2. The van der Waals surface area contributed by atoms with Crippen LogP contribution >= 0.6 is 22.7 Å². The van der Waals surface area contributed by atoms with Gasteiger partial charge in [-0.1, -0.05) is 46.2 Å². The quantitative estimate of drug-likeness (QED) is 0.251. The van der Waals surface area contributed by atoms with Gasteiger partial charge in [-0.15, -0.1) is 22.7 Å². The maximum atomic E-state index is 2.41. The van der Waals surface area contributed by atoms with E-state index < -0.39 is 0 Å². The zero-order valence-electron chi connectivity index (χ0n) is 18.7. The Morgan fingerprint density at radius 1 is 0.484 bits per heavy atom. The minimum atomic E-state index is 1.09. The summed E-state index contributed by atoms with van der Waals surface area (Å²) in [6, 6.07) is 23.5. The normalized spacial score (nSPS) is 11.6. The van der Waals surface area contributed by atoms with Crippen LogP contribution in [0.2, 0.25) is 0 Å². The van der Waals surface area contributed by atoms with E-state index in [-0.39, 0.29) is 0 Å². The molecule has 0 nitrogen and oxygen atoms in total. The fraction of sp³-hybridized carbons (Fsp3) is 0.241. The first-order valence-corrected chi connectivity index (χ1v) is 13.0. The number of aryl methyl sites for hydroxylation is 2. The van der Waals surface area contributed by atoms with E-state index in [9.17, 15) is 0 Å². The standard InChI is InChI=1S/C26H20S2.C3H8/c1-3-15-5-7-23-19(9-15)21-11-17-14-26-22(12-18(17)13-25(21)27-23)20-10-16(4-2)6-8-24(20)28-26;1-3-2/h5-14H,3-4H2,1-2H3;3H2,1-2H3. The summed E-state index contributed by atoms with van der Waals surface area (Å²) >= 11 is 3.83. The molecule has 156 valence electrons. The van der Waals surface area contributed by atoms with Crippen molar-refractivity contribution in [3.8, 4) is 0 Å². The minimum absolute atomic E-state index is 1.09. The van der Waals surface area contributed by atoms with Crippen molar-refractivity contribution in [3.63, 3.8) is 0 Å². The second-order valence-electron chi connectivity index (χ2n) is 8.32. The van der Waals surface area contributed by atoms with Gasteiger partial charge in [0.1, 0.15) is 0 Å². The van der Waals surface area contributed by atoms with Crippen LogP contribution in [0, 0.1) is 0 Å². The van der Waals surface area contributed by atoms with Gasteiger partial charge in [0.25, 0.3) is 0 Å². The lowest BCUT2D eigenvalue weighted by Gasteiger charge is -2.02. The van der Waals surface area contributed by atoms with Crippen molar-refractivity contribution in [1.29, 1.82) is 0 Å². The van der Waals surface area contributed by atoms with Gasteiger partial charge in [0.05, 0.1) is 0 Å². The van der Waals surface area contributed by atoms with E-state index in [1.807, 2.05) is 22.7 Å². The Hall–Kier alpha value is -2.42. The lowest BCUT2D eigenvalue weighted by Crippen LogP contribution is -1.79. The maximum Gasteiger partial charge on any atom is 0.0361 e. The number of hydrogen-bond donors (Lipinski definition) is 0. The van der Waals surface area contributed by atoms with E-state index in [2.05, 4.69) is 88.4 Å². The molecule has 0 N–H and O–H groups in total. The lowest BCUT2D eigenvalue weighted by molar-refractivity contribution is 1.09. The highest BCUT2D eigenvalue weighted by atomic mass is 32.1. The summed E-state index contributed by atoms with van der Waals surface area (Å²) in [6.07, 6.45) is 3.42. The molecule has 31 heavy (non-hydrogen) atoms. The highest BCUT2D eigenvalue weighted by Gasteiger charge is 2.11. The number of benzene rings is 4. The summed E-state index contributed by atoms with van der Waals surface area (Å²) in [5.41, 5.74) is 2.83. The minimum Gasteiger partial charge on any atom is -0.135 e. The first kappa shape index (κ1) is 20.5. The monoisotopic (exact) mass is 440 g/mol. The van der Waals surface area contributed by atoms with E-state index in [1.54, 1.807) is 0 Å². The molecule has 6 aromatic rings. The number of thiophene rings is 2. The Kier molecular flexibility index (Phi) is 5.45. The van der Waals surface area contributed by atoms with Crippen LogP contribution in [0.3, 0.4) is 0 Å². The van der Waals surface area contributed by atoms with Crippen molar-refractivity contribution in [2.45, 2.75) is 47.0 Å². The van der Waals surface area contributed by atoms with Crippen LogP contribution in [0.25, 0.3) is 51.1 Å². The third-order valence-corrected chi connectivity index (χ3v) is 8.23. The molecule has 0 bridgehead atoms. The molecule has 0 aliphatic rings. The number of fused-ring (bicyclic) bond motifs is 7. The van der Waals surface area contributed by atoms with Crippen LogP contribution in [0.5, 0.6) is 0 Å². The van der Waals surface area contributed by atoms with Gasteiger partial charge in [0.15, 0.2) is 0 Å². The van der Waals surface area contributed by atoms with Crippen molar-refractivity contribution in [2.24, 2.45) is 0 Å². The molecule has 0 unspecified atom stereocenters. The second kappa shape index (κ2) is 8.26. The van der Waals surface area contributed by atoms with Crippen LogP contribution in [-0.2, 0) is 12.8 Å². The Morgan fingerprint density at radius 3 is 1.26 bits per heavy atom. The van der Waals surface area contributed by atoms with Crippen LogP contribution in [-0.4, -0.2) is 0 Å². The zero-order valence-corrected chi connectivity index (χ0v) is 20.3. The SMILES string of the molecule is CCC.CCc1ccc2sc3cc4cc5c(cc4cc3c2c1)sc1ccc(CC)cc15. The van der Waals surface area contributed by atoms with E-state index >= 15 is 0 Å². The topological polar surface area (TPSA) is 0 Å². The molecule has 0 aliphatic heterocycles. The Balaban J connectivity index is 0.000000646. The third kappa shape index (κ3) is 3.52. The van der Waals surface area contributed by atoms with Gasteiger partial charge in [-0.25, -0.2) is 0 Å². The molecule has 0 fully saturated rings. The molecule has 2 heterocycles. The van der Waals surface area contributed by atoms with Gasteiger partial charge in [0, 0.05) is 40.3 Å². The molecule has 6 rings (SSSR count). The van der Waals surface area contributed by atoms with E-state index in [0.717, 1.165) is 12.8 Å². The largest absolute Gasteiger partial charge is 0.135 e. The summed E-state index contributed by atoms with van der Waals surface area (Å²) in [5, 5.41) is 8.32. The molecule has 0 radical (unpaired) electrons. The molecule has 0 spiro atoms. The first-order chi connectivity index (χ1) is 15.1. The number of hydrogen-bond acceptors (Lipinski definition) is 2. The summed E-state index contributed by atoms with van der Waals surface area (Å²) < 4.78 is 5.57. The Morgan fingerprint density at radius 2 is 0.871 bits per heavy atom. The summed E-state index contributed by atoms with van der Waals surface area (Å²) in [6.45, 7) is 8.71. The van der Waals surface area contributed by atoms with Crippen LogP contribution in [0.15, 0.2) is 60.7 Å². The predicted molar refractivity (Wildman–Crippen MR) is 144 cm³/mol. The van der Waals surface area contributed by atoms with Gasteiger partial charge in [0.2, 0.25) is 0 Å². The Labute approximate surface area is 192 Å². The fourth-order valence-corrected chi connectivity index (χ4v) is 6.56. The molecule has 0 saturated carbocycles. The van der Waals surface area contributed by atoms with Crippen molar-refractivity contribution in [3.05, 3.63) is 71.8 Å². The molecular weight excluding hydrogens is 412 g/mol. The van der Waals surface area contributed by atoms with Crippen molar-refractivity contribution in [2.75, 3.05) is 0 Å². The van der Waals surface area contributed by atoms with Crippen LogP contribution < -0.4 is 0 Å². The highest BCUT2D eigenvalue weighted by Crippen LogP contribution is 2.41. The van der Waals surface area contributed by atoms with Gasteiger partial charge in [-0.3, -0.25) is 0 Å². The molecule has 4 aromatic carbocycles. The molecule has 0 saturated heterocycles. The summed E-state index contributed by atoms with van der Waals surface area (Å²) in [5.74, 6) is 0. The van der Waals surface area contributed by atoms with Crippen molar-refractivity contribution >= 4 is 73.8 Å². The molecule has 0 aliphatic carbocycles. The highest BCUT2D eigenvalue weighted by molar-refractivity contribution is 7.26. The van der Waals surface area contributed by atoms with Crippen molar-refractivity contribution < 1.29 is 0 Å². The average molecular weight is 441 g/mol. The Bertz CT molecular complexity index is 1430. The zero-order chi connectivity index (χ0) is 21.5. The van der Waals surface area contributed by atoms with E-state index in [0.29, 0.717) is 0 Å². The average Bonchev–Trinajstić information content (AvgIpc) is 3.32. The van der Waals surface area contributed by atoms with Gasteiger partial charge in [-0.2, -0.15) is 0 Å².